The number of benzene rings is 2. The first-order valence-corrected chi connectivity index (χ1v) is 14.5. The first-order chi connectivity index (χ1) is 20.2. The van der Waals surface area contributed by atoms with Crippen LogP contribution in [0, 0.1) is 0 Å². The molecule has 0 radical (unpaired) electrons. The smallest absolute Gasteiger partial charge is 0.251 e. The number of rotatable bonds is 13. The number of carbonyl (C=O) groups excluding carboxylic acids is 5. The molecular formula is C31H31N3O7S. The first-order valence-electron chi connectivity index (χ1n) is 13.4. The minimum absolute atomic E-state index is 0.00749. The zero-order valence-corrected chi connectivity index (χ0v) is 23.7. The molecular weight excluding hydrogens is 558 g/mol. The molecule has 0 saturated carbocycles. The van der Waals surface area contributed by atoms with Crippen LogP contribution >= 0.6 is 11.8 Å². The second kappa shape index (κ2) is 14.1. The maximum absolute atomic E-state index is 13.4. The fourth-order valence-corrected chi connectivity index (χ4v) is 5.52. The number of aromatic nitrogens is 1. The van der Waals surface area contributed by atoms with Crippen LogP contribution in [0.2, 0.25) is 0 Å². The quantitative estimate of drug-likeness (QED) is 0.201. The van der Waals surface area contributed by atoms with Gasteiger partial charge in [-0.15, -0.1) is 0 Å². The number of amides is 3. The van der Waals surface area contributed by atoms with Crippen molar-refractivity contribution >= 4 is 41.0 Å². The highest BCUT2D eigenvalue weighted by molar-refractivity contribution is 7.99. The van der Waals surface area contributed by atoms with Gasteiger partial charge < -0.3 is 15.5 Å². The predicted octanol–water partition coefficient (Wildman–Crippen LogP) is 2.35. The van der Waals surface area contributed by atoms with E-state index in [2.05, 4.69) is 10.3 Å². The van der Waals surface area contributed by atoms with Gasteiger partial charge >= 0.3 is 0 Å². The Balaban J connectivity index is 1.47. The summed E-state index contributed by atoms with van der Waals surface area (Å²) in [5, 5.41) is 23.8. The van der Waals surface area contributed by atoms with Gasteiger partial charge in [-0.05, 0) is 36.8 Å². The zero-order chi connectivity index (χ0) is 30.2. The van der Waals surface area contributed by atoms with Gasteiger partial charge in [-0.25, -0.2) is 0 Å². The van der Waals surface area contributed by atoms with Gasteiger partial charge in [-0.3, -0.25) is 33.9 Å². The molecule has 11 heteroatoms. The van der Waals surface area contributed by atoms with Crippen molar-refractivity contribution in [3.05, 3.63) is 101 Å². The number of pyridine rings is 1. The van der Waals surface area contributed by atoms with Crippen molar-refractivity contribution in [3.63, 3.8) is 0 Å². The summed E-state index contributed by atoms with van der Waals surface area (Å²) in [6, 6.07) is 17.1. The number of thioether (sulfide) groups is 1. The van der Waals surface area contributed by atoms with Crippen molar-refractivity contribution in [3.8, 4) is 0 Å². The van der Waals surface area contributed by atoms with Gasteiger partial charge in [0.2, 0.25) is 11.8 Å². The SMILES string of the molecule is CC(SCC(NC(=O)c1ccc(C(=O)c2ccccc2)cc1)C(=O)C(O)C(O)CN1C(=O)CCC1=O)c1ccncc1. The number of carbonyl (C=O) groups is 5. The van der Waals surface area contributed by atoms with Crippen molar-refractivity contribution < 1.29 is 34.2 Å². The van der Waals surface area contributed by atoms with E-state index >= 15 is 0 Å². The van der Waals surface area contributed by atoms with Crippen molar-refractivity contribution in [2.45, 2.75) is 43.3 Å². The number of nitrogens with zero attached hydrogens (tertiary/aromatic N) is 2. The van der Waals surface area contributed by atoms with E-state index in [1.54, 1.807) is 42.7 Å². The van der Waals surface area contributed by atoms with Crippen molar-refractivity contribution in [1.82, 2.24) is 15.2 Å². The summed E-state index contributed by atoms with van der Waals surface area (Å²) in [6.45, 7) is 1.39. The van der Waals surface area contributed by atoms with Crippen molar-refractivity contribution in [2.24, 2.45) is 0 Å². The third-order valence-electron chi connectivity index (χ3n) is 6.96. The third kappa shape index (κ3) is 7.55. The number of aliphatic hydroxyl groups is 2. The summed E-state index contributed by atoms with van der Waals surface area (Å²) in [6.07, 6.45) is -0.386. The van der Waals surface area contributed by atoms with Crippen LogP contribution in [0.4, 0.5) is 0 Å². The number of β-amino-alcohol motifs (C(OH)–C–C–N with tert-alkyl or cyclic N) is 1. The standard InChI is InChI=1S/C31H31N3O7S/c1-19(20-13-15-32-16-14-20)42-18-24(29(39)30(40)25(35)17-34-26(36)11-12-27(34)37)33-31(41)23-9-7-22(8-10-23)28(38)21-5-3-2-4-6-21/h2-10,13-16,19,24-25,30,35,40H,11-12,17-18H2,1H3,(H,33,41). The summed E-state index contributed by atoms with van der Waals surface area (Å²) in [4.78, 5) is 68.0. The van der Waals surface area contributed by atoms with Gasteiger partial charge in [-0.1, -0.05) is 42.5 Å². The van der Waals surface area contributed by atoms with Gasteiger partial charge in [0.15, 0.2) is 11.6 Å². The summed E-state index contributed by atoms with van der Waals surface area (Å²) in [5.74, 6) is -2.59. The number of ketones is 2. The Morgan fingerprint density at radius 3 is 2.07 bits per heavy atom. The van der Waals surface area contributed by atoms with Gasteiger partial charge in [0, 0.05) is 52.9 Å². The van der Waals surface area contributed by atoms with E-state index in [1.165, 1.54) is 36.0 Å². The van der Waals surface area contributed by atoms with E-state index < -0.39 is 48.3 Å². The molecule has 2 heterocycles. The first kappa shape index (κ1) is 30.8. The molecule has 1 aliphatic heterocycles. The molecule has 0 spiro atoms. The van der Waals surface area contributed by atoms with Gasteiger partial charge in [0.1, 0.15) is 12.2 Å². The van der Waals surface area contributed by atoms with Crippen LogP contribution in [0.25, 0.3) is 0 Å². The lowest BCUT2D eigenvalue weighted by Gasteiger charge is -2.26. The molecule has 3 N–H and O–H groups in total. The second-order valence-electron chi connectivity index (χ2n) is 9.87. The molecule has 4 unspecified atom stereocenters. The van der Waals surface area contributed by atoms with Crippen LogP contribution in [0.5, 0.6) is 0 Å². The summed E-state index contributed by atoms with van der Waals surface area (Å²) in [7, 11) is 0. The molecule has 1 saturated heterocycles. The number of aliphatic hydroxyl groups excluding tert-OH is 2. The highest BCUT2D eigenvalue weighted by atomic mass is 32.2. The maximum atomic E-state index is 13.4. The summed E-state index contributed by atoms with van der Waals surface area (Å²) < 4.78 is 0. The van der Waals surface area contributed by atoms with Gasteiger partial charge in [-0.2, -0.15) is 11.8 Å². The van der Waals surface area contributed by atoms with Crippen molar-refractivity contribution in [2.75, 3.05) is 12.3 Å². The van der Waals surface area contributed by atoms with E-state index in [-0.39, 0.29) is 35.2 Å². The molecule has 218 valence electrons. The van der Waals surface area contributed by atoms with E-state index in [0.29, 0.717) is 11.1 Å². The van der Waals surface area contributed by atoms with E-state index in [9.17, 15) is 34.2 Å². The van der Waals surface area contributed by atoms with Crippen molar-refractivity contribution in [1.29, 1.82) is 0 Å². The van der Waals surface area contributed by atoms with Crippen LogP contribution in [-0.2, 0) is 14.4 Å². The lowest BCUT2D eigenvalue weighted by atomic mass is 10.0. The van der Waals surface area contributed by atoms with Crippen LogP contribution < -0.4 is 5.32 Å². The van der Waals surface area contributed by atoms with E-state index in [4.69, 9.17) is 0 Å². The van der Waals surface area contributed by atoms with Crippen LogP contribution in [-0.4, -0.2) is 79.9 Å². The molecule has 4 atom stereocenters. The van der Waals surface area contributed by atoms with Gasteiger partial charge in [0.25, 0.3) is 5.91 Å². The molecule has 3 amide bonds. The number of hydrogen-bond acceptors (Lipinski definition) is 9. The molecule has 0 bridgehead atoms. The Morgan fingerprint density at radius 1 is 0.881 bits per heavy atom. The monoisotopic (exact) mass is 589 g/mol. The third-order valence-corrected chi connectivity index (χ3v) is 8.26. The topological polar surface area (TPSA) is 154 Å². The van der Waals surface area contributed by atoms with Crippen LogP contribution in [0.1, 0.15) is 56.9 Å². The number of imide groups is 1. The number of likely N-dealkylation sites (tertiary alicyclic amines) is 1. The summed E-state index contributed by atoms with van der Waals surface area (Å²) >= 11 is 1.35. The molecule has 4 rings (SSSR count). The van der Waals surface area contributed by atoms with Crippen LogP contribution in [0.15, 0.2) is 79.1 Å². The molecule has 42 heavy (non-hydrogen) atoms. The minimum atomic E-state index is -1.96. The van der Waals surface area contributed by atoms with Gasteiger partial charge in [0.05, 0.1) is 12.6 Å². The molecule has 10 nitrogen and oxygen atoms in total. The minimum Gasteiger partial charge on any atom is -0.388 e. The second-order valence-corrected chi connectivity index (χ2v) is 11.2. The Bertz CT molecular complexity index is 1420. The zero-order valence-electron chi connectivity index (χ0n) is 22.9. The van der Waals surface area contributed by atoms with E-state index in [1.807, 2.05) is 19.1 Å². The lowest BCUT2D eigenvalue weighted by Crippen LogP contribution is -2.52. The fourth-order valence-electron chi connectivity index (χ4n) is 4.45. The van der Waals surface area contributed by atoms with E-state index in [0.717, 1.165) is 10.5 Å². The lowest BCUT2D eigenvalue weighted by molar-refractivity contribution is -0.145. The molecule has 1 fully saturated rings. The molecule has 2 aromatic carbocycles. The predicted molar refractivity (Wildman–Crippen MR) is 156 cm³/mol. The highest BCUT2D eigenvalue weighted by Crippen LogP contribution is 2.28. The summed E-state index contributed by atoms with van der Waals surface area (Å²) in [5.41, 5.74) is 2.02. The maximum Gasteiger partial charge on any atom is 0.251 e. The molecule has 0 aliphatic carbocycles. The molecule has 1 aliphatic rings. The Morgan fingerprint density at radius 2 is 1.45 bits per heavy atom. The number of hydrogen-bond donors (Lipinski definition) is 3. The highest BCUT2D eigenvalue weighted by Gasteiger charge is 2.37. The average molecular weight is 590 g/mol. The Labute approximate surface area is 247 Å². The Kier molecular flexibility index (Phi) is 10.3. The number of nitrogens with one attached hydrogen (secondary N) is 1. The largest absolute Gasteiger partial charge is 0.388 e. The Hall–Kier alpha value is -4.19. The molecule has 3 aromatic rings. The molecule has 1 aromatic heterocycles. The number of Topliss-reactive ketones (excluding diaryl/α,β-unsaturated/α-hetero) is 1. The fraction of sp³-hybridized carbons (Fsp3) is 0.290. The normalized spacial score (nSPS) is 16.0. The van der Waals surface area contributed by atoms with Crippen LogP contribution in [0.3, 0.4) is 0 Å². The average Bonchev–Trinajstić information content (AvgIpc) is 3.34.